The highest BCUT2D eigenvalue weighted by Crippen LogP contribution is 2.12. The Bertz CT molecular complexity index is 547. The fraction of sp³-hybridized carbons (Fsp3) is 0.0833. The summed E-state index contributed by atoms with van der Waals surface area (Å²) in [4.78, 5) is 19.5. The predicted octanol–water partition coefficient (Wildman–Crippen LogP) is 1.77. The first-order valence-corrected chi connectivity index (χ1v) is 5.64. The summed E-state index contributed by atoms with van der Waals surface area (Å²) in [6.07, 6.45) is 1.46. The van der Waals surface area contributed by atoms with Crippen LogP contribution in [0.5, 0.6) is 0 Å². The van der Waals surface area contributed by atoms with Gasteiger partial charge < -0.3 is 11.1 Å². The molecule has 0 aliphatic carbocycles. The van der Waals surface area contributed by atoms with Crippen LogP contribution in [-0.4, -0.2) is 15.9 Å². The lowest BCUT2D eigenvalue weighted by molar-refractivity contribution is -0.117. The van der Waals surface area contributed by atoms with E-state index < -0.39 is 6.04 Å². The molecule has 1 heterocycles. The average Bonchev–Trinajstić information content (AvgIpc) is 2.39. The second-order valence-electron chi connectivity index (χ2n) is 3.59. The molecule has 0 aliphatic rings. The lowest BCUT2D eigenvalue weighted by atomic mass is 10.1. The molecule has 0 spiro atoms. The van der Waals surface area contributed by atoms with Crippen LogP contribution in [0.3, 0.4) is 0 Å². The molecule has 18 heavy (non-hydrogen) atoms. The van der Waals surface area contributed by atoms with Crippen LogP contribution in [0.4, 0.5) is 5.82 Å². The third kappa shape index (κ3) is 3.03. The summed E-state index contributed by atoms with van der Waals surface area (Å²) in [5, 5.41) is 2.65. The summed E-state index contributed by atoms with van der Waals surface area (Å²) in [6, 6.07) is 9.88. The molecule has 92 valence electrons. The van der Waals surface area contributed by atoms with E-state index in [1.807, 2.05) is 18.2 Å². The average molecular weight is 263 g/mol. The Morgan fingerprint density at radius 3 is 2.67 bits per heavy atom. The highest BCUT2D eigenvalue weighted by atomic mass is 35.5. The summed E-state index contributed by atoms with van der Waals surface area (Å²) in [5.41, 5.74) is 6.57. The van der Waals surface area contributed by atoms with Gasteiger partial charge in [-0.1, -0.05) is 30.3 Å². The van der Waals surface area contributed by atoms with Crippen molar-refractivity contribution in [3.05, 3.63) is 53.4 Å². The van der Waals surface area contributed by atoms with Gasteiger partial charge in [0, 0.05) is 6.20 Å². The minimum Gasteiger partial charge on any atom is -0.316 e. The van der Waals surface area contributed by atoms with Crippen LogP contribution in [0, 0.1) is 0 Å². The van der Waals surface area contributed by atoms with Crippen molar-refractivity contribution in [2.75, 3.05) is 5.32 Å². The molecule has 2 aromatic rings. The Labute approximate surface area is 109 Å². The standard InChI is InChI=1S/C12H11ClN4O/c13-12-15-7-6-9(17-12)16-11(18)10(14)8-4-2-1-3-5-8/h1-7,10H,14H2,(H,15,16,17,18)/t10-/m1/s1. The van der Waals surface area contributed by atoms with E-state index in [0.29, 0.717) is 5.82 Å². The van der Waals surface area contributed by atoms with E-state index in [2.05, 4.69) is 15.3 Å². The van der Waals surface area contributed by atoms with Gasteiger partial charge in [-0.2, -0.15) is 0 Å². The van der Waals surface area contributed by atoms with Gasteiger partial charge in [0.25, 0.3) is 0 Å². The van der Waals surface area contributed by atoms with Crippen LogP contribution in [-0.2, 0) is 4.79 Å². The molecule has 0 radical (unpaired) electrons. The van der Waals surface area contributed by atoms with Gasteiger partial charge in [0.05, 0.1) is 0 Å². The monoisotopic (exact) mass is 262 g/mol. The molecule has 0 saturated heterocycles. The van der Waals surface area contributed by atoms with Crippen LogP contribution in [0.15, 0.2) is 42.6 Å². The SMILES string of the molecule is N[C@@H](C(=O)Nc1ccnc(Cl)n1)c1ccccc1. The first kappa shape index (κ1) is 12.5. The van der Waals surface area contributed by atoms with E-state index in [0.717, 1.165) is 5.56 Å². The molecule has 0 bridgehead atoms. The molecular formula is C12H11ClN4O. The molecule has 1 aromatic heterocycles. The van der Waals surface area contributed by atoms with Crippen LogP contribution in [0.25, 0.3) is 0 Å². The van der Waals surface area contributed by atoms with Gasteiger partial charge in [-0.05, 0) is 23.2 Å². The summed E-state index contributed by atoms with van der Waals surface area (Å²) in [6.45, 7) is 0. The zero-order valence-electron chi connectivity index (χ0n) is 9.38. The molecule has 0 aliphatic heterocycles. The van der Waals surface area contributed by atoms with Crippen molar-refractivity contribution < 1.29 is 4.79 Å². The molecule has 1 aromatic carbocycles. The van der Waals surface area contributed by atoms with Gasteiger partial charge >= 0.3 is 0 Å². The van der Waals surface area contributed by atoms with Gasteiger partial charge in [-0.3, -0.25) is 4.79 Å². The summed E-state index contributed by atoms with van der Waals surface area (Å²) >= 11 is 5.62. The molecule has 0 unspecified atom stereocenters. The number of halogens is 1. The number of carbonyl (C=O) groups is 1. The topological polar surface area (TPSA) is 80.9 Å². The van der Waals surface area contributed by atoms with E-state index in [1.165, 1.54) is 6.20 Å². The molecule has 2 rings (SSSR count). The zero-order chi connectivity index (χ0) is 13.0. The minimum absolute atomic E-state index is 0.0704. The van der Waals surface area contributed by atoms with Crippen molar-refractivity contribution in [1.82, 2.24) is 9.97 Å². The van der Waals surface area contributed by atoms with Crippen molar-refractivity contribution in [2.24, 2.45) is 5.73 Å². The van der Waals surface area contributed by atoms with Crippen LogP contribution < -0.4 is 11.1 Å². The molecule has 0 fully saturated rings. The van der Waals surface area contributed by atoms with E-state index >= 15 is 0 Å². The first-order valence-electron chi connectivity index (χ1n) is 5.27. The summed E-state index contributed by atoms with van der Waals surface area (Å²) in [5.74, 6) is -0.0256. The largest absolute Gasteiger partial charge is 0.316 e. The molecule has 1 amide bonds. The van der Waals surface area contributed by atoms with Crippen molar-refractivity contribution >= 4 is 23.3 Å². The number of carbonyl (C=O) groups excluding carboxylic acids is 1. The Hall–Kier alpha value is -1.98. The zero-order valence-corrected chi connectivity index (χ0v) is 10.1. The molecule has 1 atom stereocenters. The number of amides is 1. The normalized spacial score (nSPS) is 11.9. The maximum atomic E-state index is 11.9. The number of nitrogens with two attached hydrogens (primary N) is 1. The van der Waals surface area contributed by atoms with Crippen molar-refractivity contribution in [2.45, 2.75) is 6.04 Å². The highest BCUT2D eigenvalue weighted by molar-refractivity contribution is 6.28. The van der Waals surface area contributed by atoms with Crippen molar-refractivity contribution in [3.8, 4) is 0 Å². The fourth-order valence-corrected chi connectivity index (χ4v) is 1.57. The number of nitrogens with one attached hydrogen (secondary N) is 1. The van der Waals surface area contributed by atoms with E-state index in [4.69, 9.17) is 17.3 Å². The number of aromatic nitrogens is 2. The lowest BCUT2D eigenvalue weighted by Gasteiger charge is -2.11. The Morgan fingerprint density at radius 1 is 1.28 bits per heavy atom. The summed E-state index contributed by atoms with van der Waals surface area (Å²) < 4.78 is 0. The van der Waals surface area contributed by atoms with Crippen LogP contribution in [0.2, 0.25) is 5.28 Å². The fourth-order valence-electron chi connectivity index (χ4n) is 1.42. The van der Waals surface area contributed by atoms with E-state index in [9.17, 15) is 4.79 Å². The molecule has 0 saturated carbocycles. The van der Waals surface area contributed by atoms with Crippen molar-refractivity contribution in [1.29, 1.82) is 0 Å². The van der Waals surface area contributed by atoms with Gasteiger partial charge in [0.2, 0.25) is 11.2 Å². The van der Waals surface area contributed by atoms with E-state index in [1.54, 1.807) is 18.2 Å². The predicted molar refractivity (Wildman–Crippen MR) is 69.0 cm³/mol. The maximum Gasteiger partial charge on any atom is 0.247 e. The minimum atomic E-state index is -0.750. The number of hydrogen-bond donors (Lipinski definition) is 2. The molecular weight excluding hydrogens is 252 g/mol. The maximum absolute atomic E-state index is 11.9. The number of rotatable bonds is 3. The molecule has 5 nitrogen and oxygen atoms in total. The van der Waals surface area contributed by atoms with Crippen LogP contribution >= 0.6 is 11.6 Å². The second kappa shape index (κ2) is 5.57. The highest BCUT2D eigenvalue weighted by Gasteiger charge is 2.15. The Balaban J connectivity index is 2.09. The summed E-state index contributed by atoms with van der Waals surface area (Å²) in [7, 11) is 0. The van der Waals surface area contributed by atoms with Crippen LogP contribution in [0.1, 0.15) is 11.6 Å². The molecule has 6 heteroatoms. The third-order valence-corrected chi connectivity index (χ3v) is 2.50. The number of anilines is 1. The number of nitrogens with zero attached hydrogens (tertiary/aromatic N) is 2. The lowest BCUT2D eigenvalue weighted by Crippen LogP contribution is -2.28. The number of hydrogen-bond acceptors (Lipinski definition) is 4. The van der Waals surface area contributed by atoms with Gasteiger partial charge in [0.1, 0.15) is 11.9 Å². The Morgan fingerprint density at radius 2 is 2.00 bits per heavy atom. The molecule has 3 N–H and O–H groups in total. The van der Waals surface area contributed by atoms with Crippen molar-refractivity contribution in [3.63, 3.8) is 0 Å². The third-order valence-electron chi connectivity index (χ3n) is 2.32. The van der Waals surface area contributed by atoms with Gasteiger partial charge in [-0.15, -0.1) is 0 Å². The quantitative estimate of drug-likeness (QED) is 0.826. The second-order valence-corrected chi connectivity index (χ2v) is 3.93. The Kier molecular flexibility index (Phi) is 3.86. The van der Waals surface area contributed by atoms with Gasteiger partial charge in [-0.25, -0.2) is 9.97 Å². The first-order chi connectivity index (χ1) is 8.66. The van der Waals surface area contributed by atoms with Gasteiger partial charge in [0.15, 0.2) is 0 Å². The number of benzene rings is 1. The van der Waals surface area contributed by atoms with E-state index in [-0.39, 0.29) is 11.2 Å². The smallest absolute Gasteiger partial charge is 0.247 e.